The van der Waals surface area contributed by atoms with Crippen LogP contribution in [0.5, 0.6) is 0 Å². The number of hydrogen-bond donors (Lipinski definition) is 0. The first kappa shape index (κ1) is 18.0. The molecular formula is C19H28O4. The zero-order valence-electron chi connectivity index (χ0n) is 14.4. The first-order valence-corrected chi connectivity index (χ1v) is 8.48. The standard InChI is InChI=1S/C19H28O4/c1-4-21-17(20)14-19(2,3)12-10-16-11-13-22-18(23-16)15-8-6-5-7-9-15/h5-9,16,18H,4,10-14H2,1-3H3/t16-,18?/m0/s1. The minimum absolute atomic E-state index is 0.0733. The van der Waals surface area contributed by atoms with E-state index in [1.54, 1.807) is 0 Å². The van der Waals surface area contributed by atoms with Crippen molar-refractivity contribution in [1.82, 2.24) is 0 Å². The Morgan fingerprint density at radius 1 is 1.30 bits per heavy atom. The smallest absolute Gasteiger partial charge is 0.306 e. The minimum atomic E-state index is -0.275. The molecule has 0 radical (unpaired) electrons. The lowest BCUT2D eigenvalue weighted by Gasteiger charge is -2.32. The predicted octanol–water partition coefficient (Wildman–Crippen LogP) is 4.25. The van der Waals surface area contributed by atoms with Gasteiger partial charge >= 0.3 is 5.97 Å². The number of benzene rings is 1. The zero-order valence-corrected chi connectivity index (χ0v) is 14.4. The van der Waals surface area contributed by atoms with Gasteiger partial charge in [-0.05, 0) is 31.6 Å². The van der Waals surface area contributed by atoms with Crippen molar-refractivity contribution < 1.29 is 19.0 Å². The SMILES string of the molecule is CCOC(=O)CC(C)(C)CC[C@H]1CCOC(c2ccccc2)O1. The molecule has 4 nitrogen and oxygen atoms in total. The average Bonchev–Trinajstić information content (AvgIpc) is 2.54. The third-order valence-electron chi connectivity index (χ3n) is 4.17. The molecule has 23 heavy (non-hydrogen) atoms. The normalized spacial score (nSPS) is 21.9. The van der Waals surface area contributed by atoms with E-state index in [1.165, 1.54) is 0 Å². The van der Waals surface area contributed by atoms with E-state index in [2.05, 4.69) is 13.8 Å². The second kappa shape index (κ2) is 8.46. The Labute approximate surface area is 139 Å². The van der Waals surface area contributed by atoms with E-state index in [9.17, 15) is 4.79 Å². The maximum atomic E-state index is 11.7. The molecular weight excluding hydrogens is 292 g/mol. The predicted molar refractivity (Wildman–Crippen MR) is 88.9 cm³/mol. The van der Waals surface area contributed by atoms with Crippen LogP contribution >= 0.6 is 0 Å². The van der Waals surface area contributed by atoms with Crippen molar-refractivity contribution in [3.8, 4) is 0 Å². The highest BCUT2D eigenvalue weighted by atomic mass is 16.7. The molecule has 1 aliphatic rings. The molecule has 0 N–H and O–H groups in total. The summed E-state index contributed by atoms with van der Waals surface area (Å²) >= 11 is 0. The molecule has 1 aromatic rings. The monoisotopic (exact) mass is 320 g/mol. The van der Waals surface area contributed by atoms with Crippen LogP contribution in [0.1, 0.15) is 58.3 Å². The van der Waals surface area contributed by atoms with Crippen LogP contribution in [0.25, 0.3) is 0 Å². The average molecular weight is 320 g/mol. The summed E-state index contributed by atoms with van der Waals surface area (Å²) in [6.45, 7) is 7.21. The van der Waals surface area contributed by atoms with Gasteiger partial charge < -0.3 is 14.2 Å². The van der Waals surface area contributed by atoms with Crippen LogP contribution in [0, 0.1) is 5.41 Å². The van der Waals surface area contributed by atoms with Crippen LogP contribution in [-0.2, 0) is 19.0 Å². The van der Waals surface area contributed by atoms with Gasteiger partial charge in [0.1, 0.15) is 0 Å². The fraction of sp³-hybridized carbons (Fsp3) is 0.632. The molecule has 1 saturated heterocycles. The first-order chi connectivity index (χ1) is 11.0. The first-order valence-electron chi connectivity index (χ1n) is 8.48. The molecule has 128 valence electrons. The minimum Gasteiger partial charge on any atom is -0.466 e. The Hall–Kier alpha value is -1.39. The molecule has 0 saturated carbocycles. The van der Waals surface area contributed by atoms with Crippen molar-refractivity contribution >= 4 is 5.97 Å². The maximum absolute atomic E-state index is 11.7. The van der Waals surface area contributed by atoms with Gasteiger partial charge in [-0.3, -0.25) is 4.79 Å². The Morgan fingerprint density at radius 2 is 2.04 bits per heavy atom. The lowest BCUT2D eigenvalue weighted by molar-refractivity contribution is -0.219. The van der Waals surface area contributed by atoms with E-state index in [1.807, 2.05) is 37.3 Å². The van der Waals surface area contributed by atoms with Crippen LogP contribution in [-0.4, -0.2) is 25.3 Å². The summed E-state index contributed by atoms with van der Waals surface area (Å²) < 4.78 is 16.9. The number of esters is 1. The molecule has 0 aliphatic carbocycles. The van der Waals surface area contributed by atoms with Crippen LogP contribution in [0.4, 0.5) is 0 Å². The number of ether oxygens (including phenoxy) is 3. The molecule has 1 aromatic carbocycles. The Morgan fingerprint density at radius 3 is 2.74 bits per heavy atom. The fourth-order valence-electron chi connectivity index (χ4n) is 2.83. The fourth-order valence-corrected chi connectivity index (χ4v) is 2.83. The van der Waals surface area contributed by atoms with E-state index in [-0.39, 0.29) is 23.8 Å². The van der Waals surface area contributed by atoms with Gasteiger partial charge in [0.2, 0.25) is 0 Å². The second-order valence-corrected chi connectivity index (χ2v) is 6.84. The van der Waals surface area contributed by atoms with Gasteiger partial charge in [-0.1, -0.05) is 44.2 Å². The van der Waals surface area contributed by atoms with E-state index in [0.29, 0.717) is 19.6 Å². The van der Waals surface area contributed by atoms with Crippen molar-refractivity contribution in [3.63, 3.8) is 0 Å². The van der Waals surface area contributed by atoms with Gasteiger partial charge in [-0.2, -0.15) is 0 Å². The van der Waals surface area contributed by atoms with Crippen molar-refractivity contribution in [3.05, 3.63) is 35.9 Å². The third-order valence-corrected chi connectivity index (χ3v) is 4.17. The summed E-state index contributed by atoms with van der Waals surface area (Å²) in [4.78, 5) is 11.7. The van der Waals surface area contributed by atoms with E-state index in [4.69, 9.17) is 14.2 Å². The van der Waals surface area contributed by atoms with Gasteiger partial charge in [-0.25, -0.2) is 0 Å². The number of carbonyl (C=O) groups is 1. The number of hydrogen-bond acceptors (Lipinski definition) is 4. The summed E-state index contributed by atoms with van der Waals surface area (Å²) in [6, 6.07) is 10.0. The Balaban J connectivity index is 1.82. The summed E-state index contributed by atoms with van der Waals surface area (Å²) in [6.07, 6.45) is 3.11. The lowest BCUT2D eigenvalue weighted by atomic mass is 9.83. The van der Waals surface area contributed by atoms with E-state index in [0.717, 1.165) is 24.8 Å². The summed E-state index contributed by atoms with van der Waals surface area (Å²) in [7, 11) is 0. The van der Waals surface area contributed by atoms with Crippen LogP contribution < -0.4 is 0 Å². The molecule has 0 aromatic heterocycles. The maximum Gasteiger partial charge on any atom is 0.306 e. The molecule has 2 rings (SSSR count). The van der Waals surface area contributed by atoms with Crippen molar-refractivity contribution in [2.24, 2.45) is 5.41 Å². The highest BCUT2D eigenvalue weighted by Crippen LogP contribution is 2.33. The van der Waals surface area contributed by atoms with Crippen molar-refractivity contribution in [2.75, 3.05) is 13.2 Å². The van der Waals surface area contributed by atoms with Crippen molar-refractivity contribution in [1.29, 1.82) is 0 Å². The third kappa shape index (κ3) is 5.96. The quantitative estimate of drug-likeness (QED) is 0.705. The van der Waals surface area contributed by atoms with E-state index < -0.39 is 0 Å². The van der Waals surface area contributed by atoms with Crippen molar-refractivity contribution in [2.45, 2.75) is 58.8 Å². The molecule has 1 heterocycles. The summed E-state index contributed by atoms with van der Waals surface area (Å²) in [5.74, 6) is -0.118. The largest absolute Gasteiger partial charge is 0.466 e. The molecule has 1 aliphatic heterocycles. The van der Waals surface area contributed by atoms with Crippen LogP contribution in [0.2, 0.25) is 0 Å². The van der Waals surface area contributed by atoms with Gasteiger partial charge in [0.15, 0.2) is 6.29 Å². The van der Waals surface area contributed by atoms with Gasteiger partial charge in [0.05, 0.1) is 25.7 Å². The molecule has 1 fully saturated rings. The molecule has 2 atom stereocenters. The molecule has 4 heteroatoms. The number of rotatable bonds is 7. The Kier molecular flexibility index (Phi) is 6.60. The second-order valence-electron chi connectivity index (χ2n) is 6.84. The van der Waals surface area contributed by atoms with Gasteiger partial charge in [-0.15, -0.1) is 0 Å². The lowest BCUT2D eigenvalue weighted by Crippen LogP contribution is -2.29. The van der Waals surface area contributed by atoms with Crippen LogP contribution in [0.3, 0.4) is 0 Å². The Bertz CT molecular complexity index is 483. The highest BCUT2D eigenvalue weighted by molar-refractivity contribution is 5.70. The molecule has 0 amide bonds. The van der Waals surface area contributed by atoms with Gasteiger partial charge in [0, 0.05) is 5.56 Å². The molecule has 0 bridgehead atoms. The van der Waals surface area contributed by atoms with E-state index >= 15 is 0 Å². The molecule has 0 spiro atoms. The topological polar surface area (TPSA) is 44.8 Å². The zero-order chi connectivity index (χ0) is 16.7. The number of carbonyl (C=O) groups excluding carboxylic acids is 1. The molecule has 1 unspecified atom stereocenters. The summed E-state index contributed by atoms with van der Waals surface area (Å²) in [5.41, 5.74) is 0.985. The van der Waals surface area contributed by atoms with Gasteiger partial charge in [0.25, 0.3) is 0 Å². The highest BCUT2D eigenvalue weighted by Gasteiger charge is 2.28. The summed E-state index contributed by atoms with van der Waals surface area (Å²) in [5, 5.41) is 0. The van der Waals surface area contributed by atoms with Crippen LogP contribution in [0.15, 0.2) is 30.3 Å².